The topological polar surface area (TPSA) is 89.2 Å². The molecule has 0 aromatic heterocycles. The Hall–Kier alpha value is -0.850. The van der Waals surface area contributed by atoms with Gasteiger partial charge in [-0.15, -0.1) is 0 Å². The molecule has 0 aliphatic carbocycles. The third kappa shape index (κ3) is 3.55. The quantitative estimate of drug-likeness (QED) is 0.506. The summed E-state index contributed by atoms with van der Waals surface area (Å²) in [5.74, 6) is -0.753. The van der Waals surface area contributed by atoms with Crippen molar-refractivity contribution in [2.45, 2.75) is 12.2 Å². The lowest BCUT2D eigenvalue weighted by atomic mass is 10.0. The maximum Gasteiger partial charge on any atom is 0.131 e. The molecule has 0 fully saturated rings. The smallest absolute Gasteiger partial charge is 0.131 e. The van der Waals surface area contributed by atoms with E-state index in [9.17, 15) is 14.6 Å². The van der Waals surface area contributed by atoms with Gasteiger partial charge in [-0.05, 0) is 17.7 Å². The molecule has 2 N–H and O–H groups in total. The minimum Gasteiger partial charge on any atom is -0.390 e. The Morgan fingerprint density at radius 3 is 2.71 bits per heavy atom. The second kappa shape index (κ2) is 6.18. The molecular weight excluding hydrogens is 316 g/mol. The van der Waals surface area contributed by atoms with E-state index in [0.717, 1.165) is 6.07 Å². The van der Waals surface area contributed by atoms with Crippen LogP contribution in [0.25, 0.3) is 10.4 Å². The van der Waals surface area contributed by atoms with Crippen molar-refractivity contribution in [3.8, 4) is 0 Å². The van der Waals surface area contributed by atoms with E-state index < -0.39 is 18.0 Å². The van der Waals surface area contributed by atoms with E-state index in [1.54, 1.807) is 0 Å². The lowest BCUT2D eigenvalue weighted by Gasteiger charge is -2.18. The van der Waals surface area contributed by atoms with Gasteiger partial charge in [0.2, 0.25) is 0 Å². The minimum atomic E-state index is -1.51. The number of benzene rings is 1. The van der Waals surface area contributed by atoms with Gasteiger partial charge in [-0.1, -0.05) is 32.6 Å². The van der Waals surface area contributed by atoms with E-state index in [-0.39, 0.29) is 21.6 Å². The zero-order chi connectivity index (χ0) is 13.0. The van der Waals surface area contributed by atoms with Crippen LogP contribution in [-0.2, 0) is 0 Å². The maximum atomic E-state index is 13.6. The molecule has 8 heteroatoms. The van der Waals surface area contributed by atoms with Gasteiger partial charge < -0.3 is 10.2 Å². The molecule has 0 heterocycles. The first-order valence-corrected chi connectivity index (χ1v) is 5.66. The molecule has 92 valence electrons. The lowest BCUT2D eigenvalue weighted by Crippen LogP contribution is -2.22. The molecule has 2 atom stereocenters. The number of aliphatic hydroxyl groups excluding tert-OH is 2. The second-order valence-corrected chi connectivity index (χ2v) is 4.50. The Balaban J connectivity index is 3.03. The highest BCUT2D eigenvalue weighted by Crippen LogP contribution is 2.31. The van der Waals surface area contributed by atoms with Crippen molar-refractivity contribution in [1.82, 2.24) is 0 Å². The zero-order valence-electron chi connectivity index (χ0n) is 8.39. The number of nitrogens with zero attached hydrogens (tertiary/aromatic N) is 3. The molecule has 1 aromatic carbocycles. The highest BCUT2D eigenvalue weighted by atomic mass is 79.9. The molecule has 0 aliphatic heterocycles. The summed E-state index contributed by atoms with van der Waals surface area (Å²) in [4.78, 5) is 2.44. The molecular formula is C9H8BrClFN3O2. The zero-order valence-corrected chi connectivity index (χ0v) is 10.7. The van der Waals surface area contributed by atoms with Gasteiger partial charge in [-0.2, -0.15) is 0 Å². The molecule has 17 heavy (non-hydrogen) atoms. The van der Waals surface area contributed by atoms with Gasteiger partial charge in [0.1, 0.15) is 11.9 Å². The molecule has 0 saturated heterocycles. The van der Waals surface area contributed by atoms with Crippen LogP contribution in [0.4, 0.5) is 4.39 Å². The fourth-order valence-electron chi connectivity index (χ4n) is 1.25. The highest BCUT2D eigenvalue weighted by molar-refractivity contribution is 9.10. The normalized spacial score (nSPS) is 13.9. The summed E-state index contributed by atoms with van der Waals surface area (Å²) in [6.45, 7) is -0.355. The highest BCUT2D eigenvalue weighted by Gasteiger charge is 2.23. The van der Waals surface area contributed by atoms with E-state index in [1.165, 1.54) is 6.07 Å². The Bertz CT molecular complexity index is 445. The third-order valence-corrected chi connectivity index (χ3v) is 2.91. The molecule has 0 bridgehead atoms. The van der Waals surface area contributed by atoms with Crippen molar-refractivity contribution in [1.29, 1.82) is 0 Å². The third-order valence-electron chi connectivity index (χ3n) is 2.04. The van der Waals surface area contributed by atoms with Gasteiger partial charge in [-0.3, -0.25) is 0 Å². The second-order valence-electron chi connectivity index (χ2n) is 3.21. The van der Waals surface area contributed by atoms with Gasteiger partial charge in [0, 0.05) is 20.0 Å². The Kier molecular flexibility index (Phi) is 5.17. The molecule has 2 unspecified atom stereocenters. The van der Waals surface area contributed by atoms with Gasteiger partial charge >= 0.3 is 0 Å². The van der Waals surface area contributed by atoms with E-state index in [0.29, 0.717) is 0 Å². The SMILES string of the molecule is [N-]=[N+]=NCC(O)C(O)c1c(F)cc(Cl)cc1Br. The average Bonchev–Trinajstić information content (AvgIpc) is 2.24. The average molecular weight is 325 g/mol. The molecule has 0 aliphatic rings. The van der Waals surface area contributed by atoms with Crippen molar-refractivity contribution in [2.24, 2.45) is 5.11 Å². The summed E-state index contributed by atoms with van der Waals surface area (Å²) in [5.41, 5.74) is 7.95. The molecule has 0 spiro atoms. The number of rotatable bonds is 4. The predicted octanol–water partition coefficient (Wildman–Crippen LogP) is 2.95. The van der Waals surface area contributed by atoms with Crippen molar-refractivity contribution >= 4 is 27.5 Å². The molecule has 0 radical (unpaired) electrons. The fourth-order valence-corrected chi connectivity index (χ4v) is 2.26. The Labute approximate surface area is 110 Å². The molecule has 1 rings (SSSR count). The minimum absolute atomic E-state index is 0.130. The van der Waals surface area contributed by atoms with Gasteiger partial charge in [0.05, 0.1) is 12.6 Å². The number of hydrogen-bond acceptors (Lipinski definition) is 3. The number of halogens is 3. The summed E-state index contributed by atoms with van der Waals surface area (Å²) in [6.07, 6.45) is -2.90. The summed E-state index contributed by atoms with van der Waals surface area (Å²) in [7, 11) is 0. The predicted molar refractivity (Wildman–Crippen MR) is 64.1 cm³/mol. The van der Waals surface area contributed by atoms with Crippen LogP contribution in [0, 0.1) is 5.82 Å². The van der Waals surface area contributed by atoms with Crippen LogP contribution < -0.4 is 0 Å². The molecule has 5 nitrogen and oxygen atoms in total. The first-order chi connectivity index (χ1) is 7.97. The number of azide groups is 1. The van der Waals surface area contributed by atoms with Crippen molar-refractivity contribution < 1.29 is 14.6 Å². The summed E-state index contributed by atoms with van der Waals surface area (Å²) < 4.78 is 13.8. The summed E-state index contributed by atoms with van der Waals surface area (Å²) >= 11 is 8.65. The number of hydrogen-bond donors (Lipinski definition) is 2. The van der Waals surface area contributed by atoms with Crippen molar-refractivity contribution in [3.05, 3.63) is 43.5 Å². The lowest BCUT2D eigenvalue weighted by molar-refractivity contribution is 0.0218. The van der Waals surface area contributed by atoms with E-state index in [4.69, 9.17) is 17.1 Å². The van der Waals surface area contributed by atoms with Gasteiger partial charge in [0.15, 0.2) is 0 Å². The Morgan fingerprint density at radius 1 is 1.53 bits per heavy atom. The van der Waals surface area contributed by atoms with Crippen LogP contribution in [-0.4, -0.2) is 22.9 Å². The van der Waals surface area contributed by atoms with Gasteiger partial charge in [0.25, 0.3) is 0 Å². The van der Waals surface area contributed by atoms with E-state index >= 15 is 0 Å². The van der Waals surface area contributed by atoms with Crippen LogP contribution in [0.5, 0.6) is 0 Å². The van der Waals surface area contributed by atoms with E-state index in [1.807, 2.05) is 0 Å². The largest absolute Gasteiger partial charge is 0.390 e. The van der Waals surface area contributed by atoms with E-state index in [2.05, 4.69) is 26.0 Å². The van der Waals surface area contributed by atoms with Gasteiger partial charge in [-0.25, -0.2) is 4.39 Å². The van der Waals surface area contributed by atoms with Crippen LogP contribution >= 0.6 is 27.5 Å². The van der Waals surface area contributed by atoms with Crippen molar-refractivity contribution in [3.63, 3.8) is 0 Å². The monoisotopic (exact) mass is 323 g/mol. The molecule has 1 aromatic rings. The van der Waals surface area contributed by atoms with Crippen LogP contribution in [0.1, 0.15) is 11.7 Å². The summed E-state index contributed by atoms with van der Waals surface area (Å²) in [5, 5.41) is 22.5. The van der Waals surface area contributed by atoms with Crippen LogP contribution in [0.2, 0.25) is 5.02 Å². The van der Waals surface area contributed by atoms with Crippen LogP contribution in [0.15, 0.2) is 21.7 Å². The number of aliphatic hydroxyl groups is 2. The standard InChI is InChI=1S/C9H8BrClFN3O2/c10-5-1-4(11)2-6(12)8(5)9(17)7(16)3-14-15-13/h1-2,7,9,16-17H,3H2. The summed E-state index contributed by atoms with van der Waals surface area (Å²) in [6, 6.07) is 2.41. The first-order valence-electron chi connectivity index (χ1n) is 4.48. The molecule has 0 amide bonds. The van der Waals surface area contributed by atoms with Crippen molar-refractivity contribution in [2.75, 3.05) is 6.54 Å². The maximum absolute atomic E-state index is 13.6. The Morgan fingerprint density at radius 2 is 2.18 bits per heavy atom. The fraction of sp³-hybridized carbons (Fsp3) is 0.333. The first kappa shape index (κ1) is 14.2. The van der Waals surface area contributed by atoms with Crippen LogP contribution in [0.3, 0.4) is 0 Å². The molecule has 0 saturated carbocycles.